The standard InChI is InChI=1S/C30H32N2O2/c33-28(31-26-13-11-25(12-14-26)30-18-15-22(16-19-30)17-20-30)21-27(23-7-3-1-4-8-23)32-29(34)24-9-5-2-6-10-24/h1-14,22,27H,15-21H2,(H,31,33)(H,32,34)/t22?,27-,30?/m0/s1. The van der Waals surface area contributed by atoms with Crippen molar-refractivity contribution in [2.75, 3.05) is 5.32 Å². The van der Waals surface area contributed by atoms with Crippen LogP contribution in [0, 0.1) is 5.92 Å². The zero-order valence-electron chi connectivity index (χ0n) is 19.5. The second kappa shape index (κ2) is 9.84. The fourth-order valence-electron chi connectivity index (χ4n) is 5.76. The van der Waals surface area contributed by atoms with E-state index in [0.29, 0.717) is 11.0 Å². The molecule has 3 aliphatic carbocycles. The number of carbonyl (C=O) groups excluding carboxylic acids is 2. The summed E-state index contributed by atoms with van der Waals surface area (Å²) in [5.41, 5.74) is 4.05. The van der Waals surface area contributed by atoms with Gasteiger partial charge in [-0.15, -0.1) is 0 Å². The van der Waals surface area contributed by atoms with Gasteiger partial charge >= 0.3 is 0 Å². The number of amides is 2. The number of hydrogen-bond donors (Lipinski definition) is 2. The molecule has 2 N–H and O–H groups in total. The SMILES string of the molecule is O=C(C[C@H](NC(=O)c1ccccc1)c1ccccc1)Nc1ccc(C23CCC(CC2)CC3)cc1. The summed E-state index contributed by atoms with van der Waals surface area (Å²) in [6.45, 7) is 0. The summed E-state index contributed by atoms with van der Waals surface area (Å²) in [5, 5.41) is 6.07. The van der Waals surface area contributed by atoms with Gasteiger partial charge in [-0.3, -0.25) is 9.59 Å². The second-order valence-electron chi connectivity index (χ2n) is 9.89. The molecule has 0 spiro atoms. The van der Waals surface area contributed by atoms with Crippen molar-refractivity contribution in [3.05, 3.63) is 102 Å². The van der Waals surface area contributed by atoms with Gasteiger partial charge in [0.15, 0.2) is 0 Å². The molecule has 4 nitrogen and oxygen atoms in total. The van der Waals surface area contributed by atoms with Gasteiger partial charge in [0.1, 0.15) is 0 Å². The molecule has 6 rings (SSSR count). The van der Waals surface area contributed by atoms with Crippen LogP contribution in [-0.4, -0.2) is 11.8 Å². The molecule has 0 radical (unpaired) electrons. The van der Waals surface area contributed by atoms with Crippen molar-refractivity contribution in [3.63, 3.8) is 0 Å². The highest BCUT2D eigenvalue weighted by atomic mass is 16.2. The molecule has 0 unspecified atom stereocenters. The van der Waals surface area contributed by atoms with Crippen LogP contribution in [0.4, 0.5) is 5.69 Å². The molecule has 0 aliphatic heterocycles. The summed E-state index contributed by atoms with van der Waals surface area (Å²) in [6.07, 6.45) is 8.11. The van der Waals surface area contributed by atoms with E-state index < -0.39 is 6.04 Å². The molecule has 0 heterocycles. The third-order valence-electron chi connectivity index (χ3n) is 7.81. The van der Waals surface area contributed by atoms with Gasteiger partial charge in [0, 0.05) is 11.3 Å². The molecule has 3 fully saturated rings. The molecule has 0 saturated heterocycles. The Morgan fingerprint density at radius 2 is 1.38 bits per heavy atom. The Hall–Kier alpha value is -3.40. The van der Waals surface area contributed by atoms with Crippen molar-refractivity contribution >= 4 is 17.5 Å². The summed E-state index contributed by atoms with van der Waals surface area (Å²) in [6, 6.07) is 26.8. The van der Waals surface area contributed by atoms with Crippen LogP contribution in [-0.2, 0) is 10.2 Å². The molecule has 3 aromatic carbocycles. The number of benzene rings is 3. The van der Waals surface area contributed by atoms with Crippen LogP contribution in [0.25, 0.3) is 0 Å². The van der Waals surface area contributed by atoms with E-state index in [1.165, 1.54) is 44.1 Å². The zero-order valence-corrected chi connectivity index (χ0v) is 19.5. The number of nitrogens with one attached hydrogen (secondary N) is 2. The van der Waals surface area contributed by atoms with Gasteiger partial charge in [-0.1, -0.05) is 60.7 Å². The van der Waals surface area contributed by atoms with Crippen molar-refractivity contribution in [2.24, 2.45) is 5.92 Å². The normalized spacial score (nSPS) is 22.1. The van der Waals surface area contributed by atoms with Gasteiger partial charge in [0.05, 0.1) is 12.5 Å². The molecule has 3 aliphatic rings. The maximum atomic E-state index is 13.0. The highest BCUT2D eigenvalue weighted by Crippen LogP contribution is 2.51. The lowest BCUT2D eigenvalue weighted by atomic mass is 9.58. The van der Waals surface area contributed by atoms with Crippen LogP contribution in [0.3, 0.4) is 0 Å². The monoisotopic (exact) mass is 452 g/mol. The Balaban J connectivity index is 1.25. The van der Waals surface area contributed by atoms with Crippen molar-refractivity contribution in [3.8, 4) is 0 Å². The van der Waals surface area contributed by atoms with Crippen LogP contribution in [0.1, 0.15) is 72.5 Å². The topological polar surface area (TPSA) is 58.2 Å². The average Bonchev–Trinajstić information content (AvgIpc) is 2.90. The lowest BCUT2D eigenvalue weighted by molar-refractivity contribution is -0.116. The first kappa shape index (κ1) is 22.4. The van der Waals surface area contributed by atoms with Crippen LogP contribution >= 0.6 is 0 Å². The smallest absolute Gasteiger partial charge is 0.251 e. The van der Waals surface area contributed by atoms with Gasteiger partial charge in [-0.2, -0.15) is 0 Å². The maximum absolute atomic E-state index is 13.0. The van der Waals surface area contributed by atoms with Gasteiger partial charge in [0.25, 0.3) is 5.91 Å². The van der Waals surface area contributed by atoms with E-state index in [4.69, 9.17) is 0 Å². The predicted molar refractivity (Wildman–Crippen MR) is 136 cm³/mol. The molecule has 2 amide bonds. The fraction of sp³-hybridized carbons (Fsp3) is 0.333. The zero-order chi connectivity index (χ0) is 23.4. The predicted octanol–water partition coefficient (Wildman–Crippen LogP) is 6.41. The summed E-state index contributed by atoms with van der Waals surface area (Å²) in [5.74, 6) is 0.639. The molecule has 1 atom stereocenters. The minimum Gasteiger partial charge on any atom is -0.345 e. The number of fused-ring (bicyclic) bond motifs is 3. The Kier molecular flexibility index (Phi) is 6.48. The van der Waals surface area contributed by atoms with Crippen molar-refractivity contribution in [1.29, 1.82) is 0 Å². The number of anilines is 1. The highest BCUT2D eigenvalue weighted by molar-refractivity contribution is 5.95. The van der Waals surface area contributed by atoms with Gasteiger partial charge in [-0.25, -0.2) is 0 Å². The Morgan fingerprint density at radius 3 is 2.00 bits per heavy atom. The van der Waals surface area contributed by atoms with E-state index in [9.17, 15) is 9.59 Å². The molecule has 2 bridgehead atoms. The van der Waals surface area contributed by atoms with Crippen LogP contribution in [0.2, 0.25) is 0 Å². The third-order valence-corrected chi connectivity index (χ3v) is 7.81. The first-order chi connectivity index (χ1) is 16.6. The van der Waals surface area contributed by atoms with E-state index in [-0.39, 0.29) is 18.2 Å². The van der Waals surface area contributed by atoms with E-state index in [0.717, 1.165) is 17.2 Å². The molecular formula is C30H32N2O2. The molecule has 3 aromatic rings. The quantitative estimate of drug-likeness (QED) is 0.435. The van der Waals surface area contributed by atoms with E-state index in [1.807, 2.05) is 60.7 Å². The van der Waals surface area contributed by atoms with Gasteiger partial charge in [-0.05, 0) is 85.3 Å². The Morgan fingerprint density at radius 1 is 0.794 bits per heavy atom. The number of rotatable bonds is 7. The Labute approximate surface area is 201 Å². The summed E-state index contributed by atoms with van der Waals surface area (Å²) in [7, 11) is 0. The van der Waals surface area contributed by atoms with Gasteiger partial charge in [0.2, 0.25) is 5.91 Å². The van der Waals surface area contributed by atoms with Crippen LogP contribution in [0.15, 0.2) is 84.9 Å². The molecule has 174 valence electrons. The average molecular weight is 453 g/mol. The first-order valence-electron chi connectivity index (χ1n) is 12.4. The van der Waals surface area contributed by atoms with Crippen molar-refractivity contribution < 1.29 is 9.59 Å². The van der Waals surface area contributed by atoms with Gasteiger partial charge < -0.3 is 10.6 Å². The highest BCUT2D eigenvalue weighted by Gasteiger charge is 2.41. The number of hydrogen-bond acceptors (Lipinski definition) is 2. The third kappa shape index (κ3) is 4.91. The summed E-state index contributed by atoms with van der Waals surface area (Å²) < 4.78 is 0. The molecule has 4 heteroatoms. The number of carbonyl (C=O) groups is 2. The minimum absolute atomic E-state index is 0.119. The Bertz CT molecular complexity index is 1100. The van der Waals surface area contributed by atoms with Crippen molar-refractivity contribution in [1.82, 2.24) is 5.32 Å². The lowest BCUT2D eigenvalue weighted by Crippen LogP contribution is -2.37. The van der Waals surface area contributed by atoms with Crippen molar-refractivity contribution in [2.45, 2.75) is 56.4 Å². The van der Waals surface area contributed by atoms with Crippen LogP contribution < -0.4 is 10.6 Å². The minimum atomic E-state index is -0.413. The van der Waals surface area contributed by atoms with Crippen LogP contribution in [0.5, 0.6) is 0 Å². The summed E-state index contributed by atoms with van der Waals surface area (Å²) >= 11 is 0. The first-order valence-corrected chi connectivity index (χ1v) is 12.4. The molecular weight excluding hydrogens is 420 g/mol. The second-order valence-corrected chi connectivity index (χ2v) is 9.89. The maximum Gasteiger partial charge on any atom is 0.251 e. The van der Waals surface area contributed by atoms with E-state index >= 15 is 0 Å². The fourth-order valence-corrected chi connectivity index (χ4v) is 5.76. The van der Waals surface area contributed by atoms with E-state index in [2.05, 4.69) is 22.8 Å². The molecule has 0 aromatic heterocycles. The van der Waals surface area contributed by atoms with E-state index in [1.54, 1.807) is 12.1 Å². The molecule has 3 saturated carbocycles. The molecule has 34 heavy (non-hydrogen) atoms. The summed E-state index contributed by atoms with van der Waals surface area (Å²) in [4.78, 5) is 25.7. The lowest BCUT2D eigenvalue weighted by Gasteiger charge is -2.47. The largest absolute Gasteiger partial charge is 0.345 e.